The molecule has 39 heavy (non-hydrogen) atoms. The Morgan fingerprint density at radius 2 is 1.69 bits per heavy atom. The molecule has 0 aliphatic carbocycles. The Bertz CT molecular complexity index is 1760. The molecule has 0 atom stereocenters. The van der Waals surface area contributed by atoms with Crippen LogP contribution in [0.4, 0.5) is 4.39 Å². The maximum atomic E-state index is 13.5. The minimum Gasteiger partial charge on any atom is -0.352 e. The molecule has 1 aliphatic heterocycles. The van der Waals surface area contributed by atoms with Crippen LogP contribution in [-0.4, -0.2) is 54.7 Å². The molecule has 7 rings (SSSR count). The van der Waals surface area contributed by atoms with E-state index in [0.717, 1.165) is 75.1 Å². The molecule has 7 nitrogen and oxygen atoms in total. The minimum atomic E-state index is -0.263. The number of fused-ring (bicyclic) bond motifs is 2. The Morgan fingerprint density at radius 3 is 2.56 bits per heavy atom. The zero-order valence-corrected chi connectivity index (χ0v) is 21.5. The zero-order chi connectivity index (χ0) is 26.2. The Balaban J connectivity index is 1.20. The first-order chi connectivity index (χ1) is 19.2. The molecular weight excluding hydrogens is 489 g/mol. The fourth-order valence-electron chi connectivity index (χ4n) is 5.56. The van der Waals surface area contributed by atoms with Crippen LogP contribution in [0.1, 0.15) is 24.8 Å². The normalized spacial score (nSPS) is 14.1. The van der Waals surface area contributed by atoms with Crippen LogP contribution in [0.3, 0.4) is 0 Å². The molecule has 8 heteroatoms. The lowest BCUT2D eigenvalue weighted by Crippen LogP contribution is -2.20. The quantitative estimate of drug-likeness (QED) is 0.256. The highest BCUT2D eigenvalue weighted by Crippen LogP contribution is 2.33. The van der Waals surface area contributed by atoms with Gasteiger partial charge in [0, 0.05) is 35.1 Å². The van der Waals surface area contributed by atoms with E-state index in [0.29, 0.717) is 0 Å². The van der Waals surface area contributed by atoms with Crippen LogP contribution >= 0.6 is 0 Å². The molecule has 0 spiro atoms. The molecule has 1 fully saturated rings. The molecule has 0 bridgehead atoms. The summed E-state index contributed by atoms with van der Waals surface area (Å²) in [6.45, 7) is 3.61. The van der Waals surface area contributed by atoms with Crippen molar-refractivity contribution in [3.05, 3.63) is 84.7 Å². The summed E-state index contributed by atoms with van der Waals surface area (Å²) < 4.78 is 13.5. The number of H-pyrrole nitrogens is 2. The van der Waals surface area contributed by atoms with E-state index >= 15 is 0 Å². The molecule has 5 aromatic heterocycles. The van der Waals surface area contributed by atoms with Crippen LogP contribution in [0, 0.1) is 5.82 Å². The fraction of sp³-hybridized carbons (Fsp3) is 0.226. The average molecular weight is 518 g/mol. The number of benzene rings is 1. The van der Waals surface area contributed by atoms with Crippen molar-refractivity contribution in [2.75, 3.05) is 19.6 Å². The summed E-state index contributed by atoms with van der Waals surface area (Å²) in [6, 6.07) is 14.8. The molecule has 1 aromatic carbocycles. The van der Waals surface area contributed by atoms with E-state index in [4.69, 9.17) is 4.98 Å². The summed E-state index contributed by atoms with van der Waals surface area (Å²) in [5.74, 6) is -0.263. The van der Waals surface area contributed by atoms with Crippen molar-refractivity contribution in [3.8, 4) is 33.8 Å². The number of aryl methyl sites for hydroxylation is 1. The summed E-state index contributed by atoms with van der Waals surface area (Å²) in [7, 11) is 0. The number of aromatic nitrogens is 6. The van der Waals surface area contributed by atoms with Gasteiger partial charge in [-0.2, -0.15) is 5.10 Å². The SMILES string of the molecule is Fc1ccc(-c2cncc3[nH]c(-c4n[nH]c5ccc(-c6cncc(CCCN7CCCC7)c6)nc45)cc23)cc1. The van der Waals surface area contributed by atoms with E-state index in [2.05, 4.69) is 42.2 Å². The fourth-order valence-corrected chi connectivity index (χ4v) is 5.56. The van der Waals surface area contributed by atoms with Crippen LogP contribution < -0.4 is 0 Å². The zero-order valence-electron chi connectivity index (χ0n) is 21.5. The molecule has 0 amide bonds. The van der Waals surface area contributed by atoms with Crippen LogP contribution in [0.2, 0.25) is 0 Å². The Hall–Kier alpha value is -4.43. The van der Waals surface area contributed by atoms with E-state index in [1.54, 1.807) is 24.5 Å². The maximum absolute atomic E-state index is 13.5. The summed E-state index contributed by atoms with van der Waals surface area (Å²) >= 11 is 0. The number of aromatic amines is 2. The average Bonchev–Trinajstić information content (AvgIpc) is 3.73. The summed E-state index contributed by atoms with van der Waals surface area (Å²) in [5, 5.41) is 8.70. The predicted octanol–water partition coefficient (Wildman–Crippen LogP) is 6.40. The first kappa shape index (κ1) is 23.7. The van der Waals surface area contributed by atoms with Gasteiger partial charge in [-0.1, -0.05) is 12.1 Å². The van der Waals surface area contributed by atoms with Crippen LogP contribution in [0.5, 0.6) is 0 Å². The summed E-state index contributed by atoms with van der Waals surface area (Å²) in [6.07, 6.45) is 12.2. The number of hydrogen-bond acceptors (Lipinski definition) is 5. The lowest BCUT2D eigenvalue weighted by atomic mass is 10.0. The first-order valence-corrected chi connectivity index (χ1v) is 13.5. The third kappa shape index (κ3) is 4.68. The van der Waals surface area contributed by atoms with Gasteiger partial charge in [-0.05, 0) is 92.8 Å². The number of pyridine rings is 3. The number of nitrogens with one attached hydrogen (secondary N) is 2. The molecule has 194 valence electrons. The standard InChI is InChI=1S/C31H28FN7/c32-23-7-5-21(6-8-23)25-18-34-19-29-24(25)15-28(35-29)31-30-27(37-38-31)10-9-26(36-30)22-14-20(16-33-17-22)4-3-13-39-11-1-2-12-39/h5-10,14-19,35H,1-4,11-13H2,(H,37,38). The second-order valence-corrected chi connectivity index (χ2v) is 10.2. The van der Waals surface area contributed by atoms with Crippen molar-refractivity contribution in [2.24, 2.45) is 0 Å². The Kier molecular flexibility index (Phi) is 6.09. The summed E-state index contributed by atoms with van der Waals surface area (Å²) in [4.78, 5) is 19.9. The van der Waals surface area contributed by atoms with Gasteiger partial charge in [-0.3, -0.25) is 15.1 Å². The van der Waals surface area contributed by atoms with Crippen molar-refractivity contribution >= 4 is 21.9 Å². The number of halogens is 1. The van der Waals surface area contributed by atoms with Crippen molar-refractivity contribution < 1.29 is 4.39 Å². The van der Waals surface area contributed by atoms with Gasteiger partial charge in [-0.25, -0.2) is 9.37 Å². The highest BCUT2D eigenvalue weighted by atomic mass is 19.1. The van der Waals surface area contributed by atoms with E-state index in [9.17, 15) is 4.39 Å². The molecular formula is C31H28FN7. The third-order valence-electron chi connectivity index (χ3n) is 7.59. The van der Waals surface area contributed by atoms with Crippen molar-refractivity contribution in [2.45, 2.75) is 25.7 Å². The molecule has 6 heterocycles. The highest BCUT2D eigenvalue weighted by Gasteiger charge is 2.16. The van der Waals surface area contributed by atoms with Gasteiger partial charge in [-0.15, -0.1) is 0 Å². The number of hydrogen-bond donors (Lipinski definition) is 2. The van der Waals surface area contributed by atoms with E-state index < -0.39 is 0 Å². The minimum absolute atomic E-state index is 0.263. The molecule has 2 N–H and O–H groups in total. The predicted molar refractivity (Wildman–Crippen MR) is 152 cm³/mol. The van der Waals surface area contributed by atoms with Gasteiger partial charge >= 0.3 is 0 Å². The van der Waals surface area contributed by atoms with Gasteiger partial charge in [0.05, 0.1) is 28.6 Å². The van der Waals surface area contributed by atoms with E-state index in [1.165, 1.54) is 43.6 Å². The molecule has 1 saturated heterocycles. The maximum Gasteiger partial charge on any atom is 0.135 e. The van der Waals surface area contributed by atoms with E-state index in [1.807, 2.05) is 24.5 Å². The van der Waals surface area contributed by atoms with Gasteiger partial charge in [0.25, 0.3) is 0 Å². The summed E-state index contributed by atoms with van der Waals surface area (Å²) in [5.41, 5.74) is 9.03. The van der Waals surface area contributed by atoms with Crippen molar-refractivity contribution in [3.63, 3.8) is 0 Å². The number of rotatable bonds is 7. The lowest BCUT2D eigenvalue weighted by Gasteiger charge is -2.14. The second-order valence-electron chi connectivity index (χ2n) is 10.2. The molecule has 0 unspecified atom stereocenters. The van der Waals surface area contributed by atoms with Crippen LogP contribution in [0.15, 0.2) is 73.3 Å². The van der Waals surface area contributed by atoms with Crippen molar-refractivity contribution in [1.29, 1.82) is 0 Å². The smallest absolute Gasteiger partial charge is 0.135 e. The Labute approximate surface area is 225 Å². The second kappa shape index (κ2) is 10.0. The number of likely N-dealkylation sites (tertiary alicyclic amines) is 1. The molecule has 6 aromatic rings. The van der Waals surface area contributed by atoms with Gasteiger partial charge in [0.1, 0.15) is 17.0 Å². The lowest BCUT2D eigenvalue weighted by molar-refractivity contribution is 0.334. The molecule has 0 saturated carbocycles. The third-order valence-corrected chi connectivity index (χ3v) is 7.59. The van der Waals surface area contributed by atoms with Gasteiger partial charge in [0.15, 0.2) is 0 Å². The monoisotopic (exact) mass is 517 g/mol. The van der Waals surface area contributed by atoms with Gasteiger partial charge < -0.3 is 9.88 Å². The van der Waals surface area contributed by atoms with E-state index in [-0.39, 0.29) is 5.82 Å². The topological polar surface area (TPSA) is 86.4 Å². The van der Waals surface area contributed by atoms with Crippen LogP contribution in [0.25, 0.3) is 55.7 Å². The molecule has 0 radical (unpaired) electrons. The van der Waals surface area contributed by atoms with Gasteiger partial charge in [0.2, 0.25) is 0 Å². The Morgan fingerprint density at radius 1 is 0.846 bits per heavy atom. The van der Waals surface area contributed by atoms with Crippen LogP contribution in [-0.2, 0) is 6.42 Å². The first-order valence-electron chi connectivity index (χ1n) is 13.5. The number of nitrogens with zero attached hydrogens (tertiary/aromatic N) is 5. The molecule has 1 aliphatic rings. The van der Waals surface area contributed by atoms with Crippen molar-refractivity contribution in [1.82, 2.24) is 35.0 Å². The largest absolute Gasteiger partial charge is 0.352 e. The highest BCUT2D eigenvalue weighted by molar-refractivity contribution is 6.00.